The smallest absolute Gasteiger partial charge is 0.215 e. The van der Waals surface area contributed by atoms with Gasteiger partial charge in [0.2, 0.25) is 5.95 Å². The van der Waals surface area contributed by atoms with E-state index in [2.05, 4.69) is 31.4 Å². The largest absolute Gasteiger partial charge is 0.371 e. The lowest BCUT2D eigenvalue weighted by atomic mass is 10.2. The molecule has 1 unspecified atom stereocenters. The van der Waals surface area contributed by atoms with Crippen molar-refractivity contribution in [2.75, 3.05) is 42.1 Å². The van der Waals surface area contributed by atoms with Crippen LogP contribution in [0.15, 0.2) is 46.9 Å². The van der Waals surface area contributed by atoms with Crippen molar-refractivity contribution in [2.24, 2.45) is 0 Å². The molecule has 3 aromatic rings. The van der Waals surface area contributed by atoms with Crippen LogP contribution < -0.4 is 20.3 Å². The standard InChI is InChI=1S/C19H20FN7OS2/c1-22-5-7-27(2)17-10-18(20)24-12-16(17)25-15-4-3-14(9-13(15)11-21)30(28)26-19-23-6-8-29-19/h3-4,6,8-10,12,22,25H,5,7H2,1-2H3,(H,23,26). The van der Waals surface area contributed by atoms with E-state index in [9.17, 15) is 13.9 Å². The van der Waals surface area contributed by atoms with E-state index in [0.29, 0.717) is 39.2 Å². The number of halogens is 1. The monoisotopic (exact) mass is 445 g/mol. The summed E-state index contributed by atoms with van der Waals surface area (Å²) in [5.41, 5.74) is 1.97. The van der Waals surface area contributed by atoms with Gasteiger partial charge in [-0.05, 0) is 25.2 Å². The van der Waals surface area contributed by atoms with Crippen LogP contribution in [0.25, 0.3) is 0 Å². The second kappa shape index (κ2) is 10.1. The zero-order valence-electron chi connectivity index (χ0n) is 16.3. The number of thiazole rings is 1. The van der Waals surface area contributed by atoms with Crippen molar-refractivity contribution in [1.29, 1.82) is 5.26 Å². The van der Waals surface area contributed by atoms with Gasteiger partial charge in [-0.25, -0.2) is 14.2 Å². The molecule has 1 aromatic carbocycles. The SMILES string of the molecule is CNCCN(C)c1cc(F)ncc1Nc1ccc(S(=O)Nc2nccs2)cc1C#N. The van der Waals surface area contributed by atoms with E-state index in [1.165, 1.54) is 23.6 Å². The molecular weight excluding hydrogens is 425 g/mol. The molecule has 0 spiro atoms. The third-order valence-corrected chi connectivity index (χ3v) is 6.04. The number of benzene rings is 1. The van der Waals surface area contributed by atoms with Crippen LogP contribution in [0.3, 0.4) is 0 Å². The molecule has 1 atom stereocenters. The van der Waals surface area contributed by atoms with Crippen molar-refractivity contribution in [1.82, 2.24) is 15.3 Å². The maximum atomic E-state index is 13.7. The highest BCUT2D eigenvalue weighted by Crippen LogP contribution is 2.30. The first kappa shape index (κ1) is 21.6. The Morgan fingerprint density at radius 1 is 1.30 bits per heavy atom. The number of pyridine rings is 1. The Bertz CT molecular complexity index is 1070. The van der Waals surface area contributed by atoms with Gasteiger partial charge in [0.25, 0.3) is 0 Å². The van der Waals surface area contributed by atoms with Gasteiger partial charge in [-0.15, -0.1) is 11.3 Å². The van der Waals surface area contributed by atoms with Crippen LogP contribution in [-0.4, -0.2) is 41.4 Å². The van der Waals surface area contributed by atoms with Crippen LogP contribution in [-0.2, 0) is 11.0 Å². The van der Waals surface area contributed by atoms with E-state index in [4.69, 9.17) is 0 Å². The molecule has 0 radical (unpaired) electrons. The lowest BCUT2D eigenvalue weighted by Crippen LogP contribution is -2.27. The molecular formula is C19H20FN7OS2. The number of anilines is 4. The van der Waals surface area contributed by atoms with Gasteiger partial charge in [0.05, 0.1) is 33.7 Å². The predicted octanol–water partition coefficient (Wildman–Crippen LogP) is 3.08. The van der Waals surface area contributed by atoms with E-state index in [1.54, 1.807) is 29.8 Å². The van der Waals surface area contributed by atoms with E-state index in [0.717, 1.165) is 6.54 Å². The third kappa shape index (κ3) is 5.29. The first-order chi connectivity index (χ1) is 14.5. The van der Waals surface area contributed by atoms with Crippen LogP contribution in [0.4, 0.5) is 26.6 Å². The number of nitrogens with one attached hydrogen (secondary N) is 3. The van der Waals surface area contributed by atoms with Crippen molar-refractivity contribution in [2.45, 2.75) is 4.90 Å². The van der Waals surface area contributed by atoms with Gasteiger partial charge in [-0.3, -0.25) is 4.72 Å². The average molecular weight is 446 g/mol. The topological polar surface area (TPSA) is 106 Å². The summed E-state index contributed by atoms with van der Waals surface area (Å²) < 4.78 is 29.0. The molecule has 2 heterocycles. The number of aromatic nitrogens is 2. The molecule has 0 fully saturated rings. The molecule has 156 valence electrons. The molecule has 0 saturated carbocycles. The van der Waals surface area contributed by atoms with Gasteiger partial charge in [0.15, 0.2) is 16.1 Å². The molecule has 0 aliphatic carbocycles. The van der Waals surface area contributed by atoms with Gasteiger partial charge >= 0.3 is 0 Å². The molecule has 8 nitrogen and oxygen atoms in total. The fraction of sp³-hybridized carbons (Fsp3) is 0.211. The van der Waals surface area contributed by atoms with Crippen molar-refractivity contribution in [3.8, 4) is 6.07 Å². The van der Waals surface area contributed by atoms with E-state index in [-0.39, 0.29) is 0 Å². The van der Waals surface area contributed by atoms with Crippen molar-refractivity contribution >= 4 is 44.5 Å². The highest BCUT2D eigenvalue weighted by Gasteiger charge is 2.14. The number of hydrogen-bond donors (Lipinski definition) is 3. The summed E-state index contributed by atoms with van der Waals surface area (Å²) in [5.74, 6) is -0.591. The first-order valence-corrected chi connectivity index (χ1v) is 10.9. The van der Waals surface area contributed by atoms with Gasteiger partial charge in [0, 0.05) is 37.8 Å². The molecule has 0 bridgehead atoms. The number of hydrogen-bond acceptors (Lipinski definition) is 8. The maximum absolute atomic E-state index is 13.7. The molecule has 0 aliphatic rings. The van der Waals surface area contributed by atoms with E-state index >= 15 is 0 Å². The summed E-state index contributed by atoms with van der Waals surface area (Å²) in [6.45, 7) is 1.37. The van der Waals surface area contributed by atoms with Crippen LogP contribution in [0.2, 0.25) is 0 Å². The minimum atomic E-state index is -1.56. The first-order valence-electron chi connectivity index (χ1n) is 8.92. The van der Waals surface area contributed by atoms with Crippen LogP contribution in [0.5, 0.6) is 0 Å². The normalized spacial score (nSPS) is 11.5. The fourth-order valence-electron chi connectivity index (χ4n) is 2.63. The Balaban J connectivity index is 1.85. The summed E-state index contributed by atoms with van der Waals surface area (Å²) in [5, 5.41) is 18.1. The van der Waals surface area contributed by atoms with Crippen LogP contribution in [0.1, 0.15) is 5.56 Å². The zero-order chi connectivity index (χ0) is 21.5. The summed E-state index contributed by atoms with van der Waals surface area (Å²) >= 11 is 1.33. The third-order valence-electron chi connectivity index (χ3n) is 4.16. The van der Waals surface area contributed by atoms with Crippen LogP contribution >= 0.6 is 11.3 Å². The second-order valence-corrected chi connectivity index (χ2v) is 8.31. The molecule has 0 saturated heterocycles. The number of nitriles is 1. The Morgan fingerprint density at radius 2 is 2.13 bits per heavy atom. The van der Waals surface area contributed by atoms with Gasteiger partial charge < -0.3 is 15.5 Å². The zero-order valence-corrected chi connectivity index (χ0v) is 18.0. The fourth-order valence-corrected chi connectivity index (χ4v) is 4.17. The summed E-state index contributed by atoms with van der Waals surface area (Å²) in [4.78, 5) is 10.1. The Kier molecular flexibility index (Phi) is 7.29. The Hall–Kier alpha value is -3.07. The minimum absolute atomic E-state index is 0.301. The second-order valence-electron chi connectivity index (χ2n) is 6.20. The number of nitrogens with zero attached hydrogens (tertiary/aromatic N) is 4. The average Bonchev–Trinajstić information content (AvgIpc) is 3.26. The van der Waals surface area contributed by atoms with E-state index in [1.807, 2.05) is 19.0 Å². The molecule has 3 N–H and O–H groups in total. The minimum Gasteiger partial charge on any atom is -0.371 e. The van der Waals surface area contributed by atoms with Crippen molar-refractivity contribution < 1.29 is 8.60 Å². The highest BCUT2D eigenvalue weighted by atomic mass is 32.2. The molecule has 30 heavy (non-hydrogen) atoms. The number of rotatable bonds is 9. The predicted molar refractivity (Wildman–Crippen MR) is 118 cm³/mol. The van der Waals surface area contributed by atoms with E-state index < -0.39 is 16.9 Å². The van der Waals surface area contributed by atoms with Crippen LogP contribution in [0, 0.1) is 17.3 Å². The lowest BCUT2D eigenvalue weighted by Gasteiger charge is -2.23. The molecule has 0 amide bonds. The van der Waals surface area contributed by atoms with Gasteiger partial charge in [-0.2, -0.15) is 9.65 Å². The summed E-state index contributed by atoms with van der Waals surface area (Å²) in [6, 6.07) is 8.31. The Morgan fingerprint density at radius 3 is 2.83 bits per heavy atom. The lowest BCUT2D eigenvalue weighted by molar-refractivity contribution is 0.583. The quantitative estimate of drug-likeness (QED) is 0.435. The van der Waals surface area contributed by atoms with Gasteiger partial charge in [0.1, 0.15) is 6.07 Å². The summed E-state index contributed by atoms with van der Waals surface area (Å²) in [7, 11) is 2.13. The van der Waals surface area contributed by atoms with Gasteiger partial charge in [-0.1, -0.05) is 0 Å². The highest BCUT2D eigenvalue weighted by molar-refractivity contribution is 7.86. The summed E-state index contributed by atoms with van der Waals surface area (Å²) in [6.07, 6.45) is 3.00. The molecule has 0 aliphatic heterocycles. The van der Waals surface area contributed by atoms with Crippen molar-refractivity contribution in [3.63, 3.8) is 0 Å². The molecule has 3 rings (SSSR count). The number of likely N-dealkylation sites (N-methyl/N-ethyl adjacent to an activating group) is 2. The Labute approximate surface area is 180 Å². The maximum Gasteiger partial charge on any atom is 0.215 e. The van der Waals surface area contributed by atoms with Crippen molar-refractivity contribution in [3.05, 3.63) is 53.6 Å². The molecule has 11 heteroatoms. The molecule has 2 aromatic heterocycles.